The van der Waals surface area contributed by atoms with Crippen LogP contribution in [-0.4, -0.2) is 37.8 Å². The minimum Gasteiger partial charge on any atom is -0.368 e. The van der Waals surface area contributed by atoms with Crippen LogP contribution in [0.15, 0.2) is 30.9 Å². The Labute approximate surface area is 125 Å². The molecule has 114 valence electrons. The molecule has 4 nitrogen and oxygen atoms in total. The van der Waals surface area contributed by atoms with E-state index in [1.807, 2.05) is 0 Å². The van der Waals surface area contributed by atoms with Crippen LogP contribution in [0.3, 0.4) is 0 Å². The van der Waals surface area contributed by atoms with Crippen molar-refractivity contribution in [2.45, 2.75) is 45.1 Å². The third kappa shape index (κ3) is 2.90. The van der Waals surface area contributed by atoms with E-state index in [0.717, 1.165) is 0 Å². The van der Waals surface area contributed by atoms with E-state index < -0.39 is 0 Å². The van der Waals surface area contributed by atoms with Gasteiger partial charge in [-0.05, 0) is 30.5 Å². The molecule has 0 N–H and O–H groups in total. The molecule has 3 rings (SSSR count). The smallest absolute Gasteiger partial charge is 0.187 e. The maximum Gasteiger partial charge on any atom is 0.187 e. The fourth-order valence-electron chi connectivity index (χ4n) is 2.94. The summed E-state index contributed by atoms with van der Waals surface area (Å²) < 4.78 is 23.3. The van der Waals surface area contributed by atoms with E-state index in [4.69, 9.17) is 18.9 Å². The van der Waals surface area contributed by atoms with Gasteiger partial charge in [0.25, 0.3) is 0 Å². The summed E-state index contributed by atoms with van der Waals surface area (Å²) in [6.07, 6.45) is 0.880. The summed E-state index contributed by atoms with van der Waals surface area (Å²) in [6, 6.07) is 6.27. The van der Waals surface area contributed by atoms with Crippen LogP contribution < -0.4 is 0 Å². The maximum absolute atomic E-state index is 6.12. The summed E-state index contributed by atoms with van der Waals surface area (Å²) in [5.74, 6) is 0. The molecule has 0 spiro atoms. The molecule has 0 aliphatic carbocycles. The van der Waals surface area contributed by atoms with Crippen molar-refractivity contribution in [3.05, 3.63) is 47.5 Å². The average Bonchev–Trinajstić information content (AvgIpc) is 2.85. The molecular formula is C17H22O4. The second kappa shape index (κ2) is 6.28. The fourth-order valence-corrected chi connectivity index (χ4v) is 2.94. The van der Waals surface area contributed by atoms with Crippen LogP contribution in [0.2, 0.25) is 0 Å². The zero-order valence-corrected chi connectivity index (χ0v) is 12.6. The monoisotopic (exact) mass is 290 g/mol. The van der Waals surface area contributed by atoms with Crippen LogP contribution in [0.4, 0.5) is 0 Å². The molecule has 21 heavy (non-hydrogen) atoms. The third-order valence-electron chi connectivity index (χ3n) is 4.18. The summed E-state index contributed by atoms with van der Waals surface area (Å²) in [4.78, 5) is 0. The van der Waals surface area contributed by atoms with Gasteiger partial charge in [-0.3, -0.25) is 0 Å². The molecule has 0 aromatic heterocycles. The molecule has 0 radical (unpaired) electrons. The Morgan fingerprint density at radius 1 is 1.24 bits per heavy atom. The lowest BCUT2D eigenvalue weighted by Crippen LogP contribution is -2.42. The first-order chi connectivity index (χ1) is 10.2. The van der Waals surface area contributed by atoms with Crippen molar-refractivity contribution in [1.29, 1.82) is 0 Å². The Morgan fingerprint density at radius 3 is 2.67 bits per heavy atom. The van der Waals surface area contributed by atoms with Gasteiger partial charge < -0.3 is 18.9 Å². The van der Waals surface area contributed by atoms with Crippen molar-refractivity contribution in [1.82, 2.24) is 0 Å². The maximum atomic E-state index is 6.12. The molecule has 2 saturated heterocycles. The minimum atomic E-state index is -0.343. The number of rotatable bonds is 4. The quantitative estimate of drug-likeness (QED) is 0.799. The van der Waals surface area contributed by atoms with Crippen LogP contribution in [0.25, 0.3) is 0 Å². The van der Waals surface area contributed by atoms with Gasteiger partial charge >= 0.3 is 0 Å². The van der Waals surface area contributed by atoms with E-state index in [1.54, 1.807) is 6.08 Å². The van der Waals surface area contributed by atoms with Gasteiger partial charge in [0.2, 0.25) is 0 Å². The molecule has 2 heterocycles. The van der Waals surface area contributed by atoms with Gasteiger partial charge in [0.15, 0.2) is 6.29 Å². The lowest BCUT2D eigenvalue weighted by atomic mass is 10.0. The van der Waals surface area contributed by atoms with Crippen molar-refractivity contribution in [3.63, 3.8) is 0 Å². The SMILES string of the molecule is C=C[C@H]1O[C@@H]2OCCO[C@@H]2[C@H]1OCc1c(C)cccc1C. The van der Waals surface area contributed by atoms with Crippen molar-refractivity contribution in [2.75, 3.05) is 13.2 Å². The van der Waals surface area contributed by atoms with E-state index in [9.17, 15) is 0 Å². The summed E-state index contributed by atoms with van der Waals surface area (Å²) >= 11 is 0. The lowest BCUT2D eigenvalue weighted by Gasteiger charge is -2.28. The zero-order valence-electron chi connectivity index (χ0n) is 12.6. The number of ether oxygens (including phenoxy) is 4. The molecular weight excluding hydrogens is 268 g/mol. The average molecular weight is 290 g/mol. The topological polar surface area (TPSA) is 36.9 Å². The molecule has 0 bridgehead atoms. The molecule has 0 amide bonds. The highest BCUT2D eigenvalue weighted by molar-refractivity contribution is 5.32. The summed E-state index contributed by atoms with van der Waals surface area (Å²) in [5, 5.41) is 0. The number of fused-ring (bicyclic) bond motifs is 1. The highest BCUT2D eigenvalue weighted by Crippen LogP contribution is 2.31. The second-order valence-electron chi connectivity index (χ2n) is 5.56. The van der Waals surface area contributed by atoms with Crippen LogP contribution in [0.1, 0.15) is 16.7 Å². The predicted molar refractivity (Wildman–Crippen MR) is 79.0 cm³/mol. The Balaban J connectivity index is 1.72. The van der Waals surface area contributed by atoms with Gasteiger partial charge in [-0.15, -0.1) is 6.58 Å². The van der Waals surface area contributed by atoms with E-state index >= 15 is 0 Å². The largest absolute Gasteiger partial charge is 0.368 e. The van der Waals surface area contributed by atoms with Gasteiger partial charge in [-0.2, -0.15) is 0 Å². The van der Waals surface area contributed by atoms with Gasteiger partial charge in [0.05, 0.1) is 19.8 Å². The Hall–Kier alpha value is -1.20. The molecule has 2 aliphatic heterocycles. The Kier molecular flexibility index (Phi) is 4.40. The molecule has 4 heteroatoms. The lowest BCUT2D eigenvalue weighted by molar-refractivity contribution is -0.220. The first kappa shape index (κ1) is 14.7. The molecule has 2 aliphatic rings. The van der Waals surface area contributed by atoms with Crippen LogP contribution >= 0.6 is 0 Å². The minimum absolute atomic E-state index is 0.174. The molecule has 1 aromatic rings. The zero-order chi connectivity index (χ0) is 14.8. The first-order valence-electron chi connectivity index (χ1n) is 7.38. The normalized spacial score (nSPS) is 31.9. The standard InChI is InChI=1S/C17H22O4/c1-4-14-15(16-17(21-14)19-9-8-18-16)20-10-13-11(2)6-5-7-12(13)3/h4-7,14-17H,1,8-10H2,2-3H3/t14-,15+,16-,17+/m1/s1. The Bertz CT molecular complexity index is 493. The summed E-state index contributed by atoms with van der Waals surface area (Å²) in [5.41, 5.74) is 3.70. The summed E-state index contributed by atoms with van der Waals surface area (Å²) in [6.45, 7) is 9.72. The highest BCUT2D eigenvalue weighted by atomic mass is 16.7. The van der Waals surface area contributed by atoms with Crippen molar-refractivity contribution < 1.29 is 18.9 Å². The number of aryl methyl sites for hydroxylation is 2. The summed E-state index contributed by atoms with van der Waals surface area (Å²) in [7, 11) is 0. The molecule has 0 unspecified atom stereocenters. The van der Waals surface area contributed by atoms with Crippen molar-refractivity contribution in [2.24, 2.45) is 0 Å². The van der Waals surface area contributed by atoms with E-state index in [0.29, 0.717) is 19.8 Å². The number of benzene rings is 1. The van der Waals surface area contributed by atoms with E-state index in [-0.39, 0.29) is 24.6 Å². The fraction of sp³-hybridized carbons (Fsp3) is 0.529. The molecule has 0 saturated carbocycles. The van der Waals surface area contributed by atoms with E-state index in [1.165, 1.54) is 16.7 Å². The van der Waals surface area contributed by atoms with Gasteiger partial charge in [0.1, 0.15) is 18.3 Å². The van der Waals surface area contributed by atoms with Crippen LogP contribution in [0, 0.1) is 13.8 Å². The Morgan fingerprint density at radius 2 is 1.95 bits per heavy atom. The van der Waals surface area contributed by atoms with Gasteiger partial charge in [-0.25, -0.2) is 0 Å². The van der Waals surface area contributed by atoms with Gasteiger partial charge in [0, 0.05) is 0 Å². The third-order valence-corrected chi connectivity index (χ3v) is 4.18. The molecule has 4 atom stereocenters. The second-order valence-corrected chi connectivity index (χ2v) is 5.56. The molecule has 1 aromatic carbocycles. The number of hydrogen-bond acceptors (Lipinski definition) is 4. The number of hydrogen-bond donors (Lipinski definition) is 0. The predicted octanol–water partition coefficient (Wildman–Crippen LogP) is 2.51. The van der Waals surface area contributed by atoms with Gasteiger partial charge in [-0.1, -0.05) is 24.3 Å². The van der Waals surface area contributed by atoms with Crippen LogP contribution in [0.5, 0.6) is 0 Å². The van der Waals surface area contributed by atoms with Crippen LogP contribution in [-0.2, 0) is 25.6 Å². The molecule has 2 fully saturated rings. The van der Waals surface area contributed by atoms with Crippen molar-refractivity contribution in [3.8, 4) is 0 Å². The van der Waals surface area contributed by atoms with Crippen molar-refractivity contribution >= 4 is 0 Å². The van der Waals surface area contributed by atoms with E-state index in [2.05, 4.69) is 38.6 Å². The first-order valence-corrected chi connectivity index (χ1v) is 7.38. The highest BCUT2D eigenvalue weighted by Gasteiger charge is 2.47.